The maximum Gasteiger partial charge on any atom is 0.0459 e. The first-order valence-corrected chi connectivity index (χ1v) is 16.4. The highest BCUT2D eigenvalue weighted by Crippen LogP contribution is 2.48. The van der Waals surface area contributed by atoms with Gasteiger partial charge in [0.1, 0.15) is 0 Å². The van der Waals surface area contributed by atoms with Gasteiger partial charge in [0.2, 0.25) is 0 Å². The SMILES string of the molecule is CC(C)(C)Sc1ccc(C(C)(C)SSc2ccc(C(C)(C)Sc3ccc(C(C)(C)C)cc3)cc2)cc1. The van der Waals surface area contributed by atoms with Crippen LogP contribution < -0.4 is 0 Å². The van der Waals surface area contributed by atoms with Gasteiger partial charge in [-0.1, -0.05) is 99.5 Å². The molecule has 0 spiro atoms. The molecule has 194 valence electrons. The van der Waals surface area contributed by atoms with E-state index in [1.54, 1.807) is 0 Å². The second-order valence-electron chi connectivity index (χ2n) is 12.3. The van der Waals surface area contributed by atoms with Crippen molar-refractivity contribution < 1.29 is 0 Å². The van der Waals surface area contributed by atoms with Crippen LogP contribution in [0, 0.1) is 0 Å². The van der Waals surface area contributed by atoms with Gasteiger partial charge in [-0.3, -0.25) is 0 Å². The topological polar surface area (TPSA) is 0 Å². The van der Waals surface area contributed by atoms with Gasteiger partial charge in [-0.15, -0.1) is 23.5 Å². The van der Waals surface area contributed by atoms with E-state index < -0.39 is 0 Å². The molecular weight excluding hydrogens is 513 g/mol. The van der Waals surface area contributed by atoms with Crippen molar-refractivity contribution in [2.75, 3.05) is 0 Å². The molecule has 0 aliphatic carbocycles. The van der Waals surface area contributed by atoms with Crippen LogP contribution >= 0.6 is 45.1 Å². The van der Waals surface area contributed by atoms with Crippen LogP contribution in [0.4, 0.5) is 0 Å². The number of thioether (sulfide) groups is 2. The quantitative estimate of drug-likeness (QED) is 0.200. The molecule has 0 nitrogen and oxygen atoms in total. The maximum atomic E-state index is 2.32. The third-order valence-electron chi connectivity index (χ3n) is 5.96. The summed E-state index contributed by atoms with van der Waals surface area (Å²) >= 11 is 3.85. The van der Waals surface area contributed by atoms with E-state index >= 15 is 0 Å². The first-order valence-electron chi connectivity index (χ1n) is 12.6. The van der Waals surface area contributed by atoms with E-state index in [4.69, 9.17) is 0 Å². The normalized spacial score (nSPS) is 13.2. The largest absolute Gasteiger partial charge is 0.120 e. The van der Waals surface area contributed by atoms with Crippen molar-refractivity contribution in [3.8, 4) is 0 Å². The molecule has 0 aliphatic heterocycles. The van der Waals surface area contributed by atoms with Crippen molar-refractivity contribution in [1.82, 2.24) is 0 Å². The van der Waals surface area contributed by atoms with Gasteiger partial charge in [0, 0.05) is 28.9 Å². The van der Waals surface area contributed by atoms with Crippen molar-refractivity contribution >= 4 is 45.1 Å². The number of rotatable bonds is 8. The van der Waals surface area contributed by atoms with Crippen LogP contribution in [0.2, 0.25) is 0 Å². The van der Waals surface area contributed by atoms with E-state index in [0.717, 1.165) is 0 Å². The molecule has 0 saturated heterocycles. The summed E-state index contributed by atoms with van der Waals surface area (Å²) in [4.78, 5) is 3.95. The monoisotopic (exact) mass is 554 g/mol. The zero-order valence-electron chi connectivity index (χ0n) is 23.6. The molecule has 0 aromatic heterocycles. The van der Waals surface area contributed by atoms with Crippen LogP contribution in [0.5, 0.6) is 0 Å². The number of benzene rings is 3. The lowest BCUT2D eigenvalue weighted by molar-refractivity contribution is 0.589. The Morgan fingerprint density at radius 2 is 0.806 bits per heavy atom. The molecule has 0 atom stereocenters. The van der Waals surface area contributed by atoms with Gasteiger partial charge in [0.25, 0.3) is 0 Å². The highest BCUT2D eigenvalue weighted by atomic mass is 33.1. The highest BCUT2D eigenvalue weighted by Gasteiger charge is 2.25. The zero-order chi connectivity index (χ0) is 26.8. The summed E-state index contributed by atoms with van der Waals surface area (Å²) in [6.07, 6.45) is 0. The van der Waals surface area contributed by atoms with Gasteiger partial charge in [0.15, 0.2) is 0 Å². The fraction of sp³-hybridized carbons (Fsp3) is 0.438. The Hall–Kier alpha value is -0.940. The summed E-state index contributed by atoms with van der Waals surface area (Å²) in [5, 5.41) is 0. The van der Waals surface area contributed by atoms with Crippen molar-refractivity contribution in [2.45, 2.75) is 104 Å². The van der Waals surface area contributed by atoms with E-state index in [0.29, 0.717) is 0 Å². The van der Waals surface area contributed by atoms with Gasteiger partial charge in [0.05, 0.1) is 0 Å². The molecule has 0 unspecified atom stereocenters. The molecular formula is C32H42S4. The summed E-state index contributed by atoms with van der Waals surface area (Å²) in [6, 6.07) is 27.3. The van der Waals surface area contributed by atoms with Crippen LogP contribution in [0.25, 0.3) is 0 Å². The van der Waals surface area contributed by atoms with Crippen molar-refractivity contribution in [1.29, 1.82) is 0 Å². The molecule has 0 saturated carbocycles. The number of hydrogen-bond donors (Lipinski definition) is 0. The predicted molar refractivity (Wildman–Crippen MR) is 169 cm³/mol. The summed E-state index contributed by atoms with van der Waals surface area (Å²) in [5.41, 5.74) is 4.29. The molecule has 3 aromatic rings. The second kappa shape index (κ2) is 11.4. The van der Waals surface area contributed by atoms with E-state index in [2.05, 4.69) is 142 Å². The molecule has 0 bridgehead atoms. The molecule has 4 heteroatoms. The van der Waals surface area contributed by atoms with Gasteiger partial charge in [-0.2, -0.15) is 0 Å². The lowest BCUT2D eigenvalue weighted by atomic mass is 9.87. The molecule has 0 fully saturated rings. The van der Waals surface area contributed by atoms with E-state index in [1.165, 1.54) is 31.4 Å². The minimum atomic E-state index is 0.00563. The molecule has 0 radical (unpaired) electrons. The Bertz CT molecular complexity index is 1110. The Morgan fingerprint density at radius 3 is 1.25 bits per heavy atom. The average molecular weight is 555 g/mol. The standard InChI is InChI=1S/C32H42S4/c1-29(2,3)23-11-17-27(18-12-23)34-31(7,8)24-15-21-28(22-16-24)35-36-32(9,10)25-13-19-26(20-14-25)33-30(4,5)6/h11-22H,1-10H3. The van der Waals surface area contributed by atoms with Crippen molar-refractivity contribution in [3.05, 3.63) is 89.5 Å². The summed E-state index contributed by atoms with van der Waals surface area (Å²) in [7, 11) is 3.80. The predicted octanol–water partition coefficient (Wildman–Crippen LogP) is 11.6. The lowest BCUT2D eigenvalue weighted by Crippen LogP contribution is -2.12. The third kappa shape index (κ3) is 8.55. The van der Waals surface area contributed by atoms with Crippen LogP contribution in [-0.4, -0.2) is 4.75 Å². The fourth-order valence-corrected chi connectivity index (χ4v) is 8.18. The van der Waals surface area contributed by atoms with Gasteiger partial charge in [-0.25, -0.2) is 0 Å². The van der Waals surface area contributed by atoms with E-state index in [1.807, 2.05) is 45.1 Å². The molecule has 0 aliphatic rings. The van der Waals surface area contributed by atoms with Crippen LogP contribution in [0.3, 0.4) is 0 Å². The van der Waals surface area contributed by atoms with E-state index in [-0.39, 0.29) is 19.7 Å². The maximum absolute atomic E-state index is 2.32. The molecule has 3 rings (SSSR count). The second-order valence-corrected chi connectivity index (χ2v) is 18.7. The Morgan fingerprint density at radius 1 is 0.417 bits per heavy atom. The molecule has 0 heterocycles. The molecule has 3 aromatic carbocycles. The van der Waals surface area contributed by atoms with Gasteiger partial charge < -0.3 is 0 Å². The third-order valence-corrected chi connectivity index (χ3v) is 11.6. The number of hydrogen-bond acceptors (Lipinski definition) is 4. The molecule has 36 heavy (non-hydrogen) atoms. The Kier molecular flexibility index (Phi) is 9.41. The zero-order valence-corrected chi connectivity index (χ0v) is 26.8. The van der Waals surface area contributed by atoms with Crippen LogP contribution in [0.1, 0.15) is 85.9 Å². The van der Waals surface area contributed by atoms with Gasteiger partial charge >= 0.3 is 0 Å². The summed E-state index contributed by atoms with van der Waals surface area (Å²) in [5.74, 6) is 0. The first kappa shape index (κ1) is 29.6. The highest BCUT2D eigenvalue weighted by molar-refractivity contribution is 8.77. The Labute approximate surface area is 237 Å². The summed E-state index contributed by atoms with van der Waals surface area (Å²) < 4.78 is 0.270. The smallest absolute Gasteiger partial charge is 0.0459 e. The lowest BCUT2D eigenvalue weighted by Gasteiger charge is -2.26. The Balaban J connectivity index is 1.61. The molecule has 0 N–H and O–H groups in total. The molecule has 0 amide bonds. The van der Waals surface area contributed by atoms with Crippen molar-refractivity contribution in [3.63, 3.8) is 0 Å². The van der Waals surface area contributed by atoms with Gasteiger partial charge in [-0.05, 0) is 86.2 Å². The van der Waals surface area contributed by atoms with E-state index in [9.17, 15) is 0 Å². The minimum Gasteiger partial charge on any atom is -0.120 e. The van der Waals surface area contributed by atoms with Crippen LogP contribution in [0.15, 0.2) is 87.5 Å². The fourth-order valence-electron chi connectivity index (χ4n) is 3.77. The average Bonchev–Trinajstić information content (AvgIpc) is 2.77. The van der Waals surface area contributed by atoms with Crippen LogP contribution in [-0.2, 0) is 14.9 Å². The summed E-state index contributed by atoms with van der Waals surface area (Å²) in [6.45, 7) is 22.8. The first-order chi connectivity index (χ1) is 16.6. The van der Waals surface area contributed by atoms with Crippen molar-refractivity contribution in [2.24, 2.45) is 0 Å². The minimum absolute atomic E-state index is 0.00563.